The van der Waals surface area contributed by atoms with Gasteiger partial charge < -0.3 is 10.3 Å². The number of aromatic nitrogens is 2. The van der Waals surface area contributed by atoms with Crippen LogP contribution >= 0.6 is 0 Å². The number of nitrogens with two attached hydrogens (primary N) is 1. The van der Waals surface area contributed by atoms with Crippen LogP contribution in [0.4, 0.5) is 5.69 Å². The highest BCUT2D eigenvalue weighted by molar-refractivity contribution is 7.88. The summed E-state index contributed by atoms with van der Waals surface area (Å²) in [6.07, 6.45) is 1.94. The van der Waals surface area contributed by atoms with Crippen LogP contribution in [0.1, 0.15) is 26.6 Å². The first-order valence-electron chi connectivity index (χ1n) is 6.85. The van der Waals surface area contributed by atoms with E-state index in [1.165, 1.54) is 6.26 Å². The molecule has 0 aliphatic heterocycles. The highest BCUT2D eigenvalue weighted by atomic mass is 32.2. The molecule has 21 heavy (non-hydrogen) atoms. The van der Waals surface area contributed by atoms with E-state index in [9.17, 15) is 8.42 Å². The fourth-order valence-electron chi connectivity index (χ4n) is 2.57. The minimum Gasteiger partial charge on any atom is -0.399 e. The average Bonchev–Trinajstić information content (AvgIpc) is 2.62. The van der Waals surface area contributed by atoms with Crippen molar-refractivity contribution in [3.63, 3.8) is 0 Å². The minimum absolute atomic E-state index is 0.504. The standard InChI is InChI=1S/C14H22N4O2S/c1-5-13-16-11-8-10(15)6-7-12(11)18(13)9-14(2,3)17-21(4,19)20/h6-8,17H,5,9,15H2,1-4H3. The zero-order chi connectivity index (χ0) is 15.8. The van der Waals surface area contributed by atoms with E-state index in [1.807, 2.05) is 43.5 Å². The highest BCUT2D eigenvalue weighted by Gasteiger charge is 2.24. The van der Waals surface area contributed by atoms with Crippen molar-refractivity contribution in [3.8, 4) is 0 Å². The molecule has 0 amide bonds. The van der Waals surface area contributed by atoms with Crippen LogP contribution in [0.25, 0.3) is 11.0 Å². The third-order valence-electron chi connectivity index (χ3n) is 3.18. The number of hydrogen-bond donors (Lipinski definition) is 2. The molecule has 0 spiro atoms. The van der Waals surface area contributed by atoms with Crippen molar-refractivity contribution in [2.24, 2.45) is 0 Å². The summed E-state index contributed by atoms with van der Waals surface area (Å²) < 4.78 is 27.7. The summed E-state index contributed by atoms with van der Waals surface area (Å²) in [4.78, 5) is 4.58. The maximum Gasteiger partial charge on any atom is 0.209 e. The van der Waals surface area contributed by atoms with Crippen LogP contribution < -0.4 is 10.5 Å². The molecule has 0 radical (unpaired) electrons. The van der Waals surface area contributed by atoms with Crippen molar-refractivity contribution in [3.05, 3.63) is 24.0 Å². The lowest BCUT2D eigenvalue weighted by molar-refractivity contribution is 0.390. The van der Waals surface area contributed by atoms with Crippen LogP contribution in [0.15, 0.2) is 18.2 Å². The molecule has 3 N–H and O–H groups in total. The smallest absolute Gasteiger partial charge is 0.209 e. The van der Waals surface area contributed by atoms with E-state index in [2.05, 4.69) is 9.71 Å². The van der Waals surface area contributed by atoms with E-state index in [0.717, 1.165) is 23.3 Å². The molecule has 0 fully saturated rings. The number of nitrogens with one attached hydrogen (secondary N) is 1. The summed E-state index contributed by atoms with van der Waals surface area (Å²) in [6, 6.07) is 5.59. The van der Waals surface area contributed by atoms with Crippen molar-refractivity contribution < 1.29 is 8.42 Å². The van der Waals surface area contributed by atoms with Crippen LogP contribution in [-0.2, 0) is 23.0 Å². The van der Waals surface area contributed by atoms with E-state index in [0.29, 0.717) is 12.2 Å². The number of anilines is 1. The Morgan fingerprint density at radius 3 is 2.62 bits per heavy atom. The van der Waals surface area contributed by atoms with Gasteiger partial charge in [0.15, 0.2) is 0 Å². The Balaban J connectivity index is 2.46. The number of benzene rings is 1. The number of aryl methyl sites for hydroxylation is 1. The fraction of sp³-hybridized carbons (Fsp3) is 0.500. The summed E-state index contributed by atoms with van der Waals surface area (Å²) in [7, 11) is -3.27. The van der Waals surface area contributed by atoms with Crippen molar-refractivity contribution in [1.29, 1.82) is 0 Å². The quantitative estimate of drug-likeness (QED) is 0.819. The number of rotatable bonds is 5. The molecule has 1 heterocycles. The Hall–Kier alpha value is -1.60. The predicted octanol–water partition coefficient (Wildman–Crippen LogP) is 1.51. The van der Waals surface area contributed by atoms with Crippen LogP contribution in [0, 0.1) is 0 Å². The van der Waals surface area contributed by atoms with Gasteiger partial charge in [-0.3, -0.25) is 0 Å². The number of fused-ring (bicyclic) bond motifs is 1. The molecule has 116 valence electrons. The molecule has 0 atom stereocenters. The van der Waals surface area contributed by atoms with Gasteiger partial charge in [0.2, 0.25) is 10.0 Å². The summed E-state index contributed by atoms with van der Waals surface area (Å²) in [5, 5.41) is 0. The first kappa shape index (κ1) is 15.8. The van der Waals surface area contributed by atoms with Gasteiger partial charge in [-0.05, 0) is 32.0 Å². The lowest BCUT2D eigenvalue weighted by Crippen LogP contribution is -2.46. The fourth-order valence-corrected chi connectivity index (χ4v) is 3.64. The summed E-state index contributed by atoms with van der Waals surface area (Å²) in [6.45, 7) is 6.25. The minimum atomic E-state index is -3.27. The van der Waals surface area contributed by atoms with Crippen LogP contribution in [0.3, 0.4) is 0 Å². The molecule has 1 aromatic carbocycles. The van der Waals surface area contributed by atoms with Crippen LogP contribution in [0.2, 0.25) is 0 Å². The Morgan fingerprint density at radius 2 is 2.05 bits per heavy atom. The molecule has 2 aromatic rings. The Morgan fingerprint density at radius 1 is 1.38 bits per heavy atom. The zero-order valence-electron chi connectivity index (χ0n) is 12.8. The number of imidazole rings is 1. The number of nitrogens with zero attached hydrogens (tertiary/aromatic N) is 2. The zero-order valence-corrected chi connectivity index (χ0v) is 13.7. The lowest BCUT2D eigenvalue weighted by Gasteiger charge is -2.26. The van der Waals surface area contributed by atoms with Gasteiger partial charge in [0.1, 0.15) is 5.82 Å². The second kappa shape index (κ2) is 5.31. The monoisotopic (exact) mass is 310 g/mol. The molecule has 0 saturated carbocycles. The van der Waals surface area contributed by atoms with Crippen molar-refractivity contribution >= 4 is 26.7 Å². The summed E-state index contributed by atoms with van der Waals surface area (Å²) in [5.41, 5.74) is 7.66. The maximum absolute atomic E-state index is 11.5. The molecule has 0 bridgehead atoms. The van der Waals surface area contributed by atoms with Gasteiger partial charge in [-0.25, -0.2) is 18.1 Å². The molecule has 0 saturated heterocycles. The topological polar surface area (TPSA) is 90.0 Å². The number of nitrogen functional groups attached to an aromatic ring is 1. The van der Waals surface area contributed by atoms with Gasteiger partial charge >= 0.3 is 0 Å². The molecule has 7 heteroatoms. The normalized spacial score (nSPS) is 13.0. The molecule has 0 aliphatic rings. The molecular weight excluding hydrogens is 288 g/mol. The van der Waals surface area contributed by atoms with Crippen molar-refractivity contribution in [2.75, 3.05) is 12.0 Å². The lowest BCUT2D eigenvalue weighted by atomic mass is 10.1. The first-order chi connectivity index (χ1) is 9.61. The van der Waals surface area contributed by atoms with E-state index >= 15 is 0 Å². The van der Waals surface area contributed by atoms with Crippen molar-refractivity contribution in [1.82, 2.24) is 14.3 Å². The number of sulfonamides is 1. The van der Waals surface area contributed by atoms with Crippen LogP contribution in [0.5, 0.6) is 0 Å². The molecule has 1 aromatic heterocycles. The summed E-state index contributed by atoms with van der Waals surface area (Å²) in [5.74, 6) is 0.916. The second-order valence-electron chi connectivity index (χ2n) is 5.97. The Kier molecular flexibility index (Phi) is 3.99. The molecule has 0 aliphatic carbocycles. The first-order valence-corrected chi connectivity index (χ1v) is 8.74. The third kappa shape index (κ3) is 3.74. The highest BCUT2D eigenvalue weighted by Crippen LogP contribution is 2.22. The van der Waals surface area contributed by atoms with Gasteiger partial charge in [-0.15, -0.1) is 0 Å². The van der Waals surface area contributed by atoms with Gasteiger partial charge in [0.25, 0.3) is 0 Å². The molecule has 0 unspecified atom stereocenters. The van der Waals surface area contributed by atoms with E-state index < -0.39 is 15.6 Å². The molecule has 2 rings (SSSR count). The molecular formula is C14H22N4O2S. The Bertz CT molecular complexity index is 763. The average molecular weight is 310 g/mol. The van der Waals surface area contributed by atoms with Gasteiger partial charge in [0, 0.05) is 24.2 Å². The second-order valence-corrected chi connectivity index (χ2v) is 7.72. The van der Waals surface area contributed by atoms with E-state index in [4.69, 9.17) is 5.73 Å². The van der Waals surface area contributed by atoms with Gasteiger partial charge in [-0.1, -0.05) is 6.92 Å². The third-order valence-corrected chi connectivity index (χ3v) is 4.11. The van der Waals surface area contributed by atoms with E-state index in [1.54, 1.807) is 0 Å². The SMILES string of the molecule is CCc1nc2cc(N)ccc2n1CC(C)(C)NS(C)(=O)=O. The largest absolute Gasteiger partial charge is 0.399 e. The molecule has 6 nitrogen and oxygen atoms in total. The van der Waals surface area contributed by atoms with Gasteiger partial charge in [-0.2, -0.15) is 0 Å². The maximum atomic E-state index is 11.5. The number of hydrogen-bond acceptors (Lipinski definition) is 4. The summed E-state index contributed by atoms with van der Waals surface area (Å²) >= 11 is 0. The van der Waals surface area contributed by atoms with Crippen molar-refractivity contribution in [2.45, 2.75) is 39.3 Å². The Labute approximate surface area is 125 Å². The van der Waals surface area contributed by atoms with E-state index in [-0.39, 0.29) is 0 Å². The predicted molar refractivity (Wildman–Crippen MR) is 85.6 cm³/mol. The van der Waals surface area contributed by atoms with Gasteiger partial charge in [0.05, 0.1) is 17.3 Å². The van der Waals surface area contributed by atoms with Crippen LogP contribution in [-0.4, -0.2) is 29.8 Å².